The van der Waals surface area contributed by atoms with Crippen molar-refractivity contribution in [3.05, 3.63) is 64.6 Å². The molecule has 28 heavy (non-hydrogen) atoms. The molecule has 0 aliphatic carbocycles. The standard InChI is InChI=1S/C20H17ClN4OS2/c1-25-18(16-10-14(21)8-9-17(16)26-2)23-24-20(25)28-12-15-11-27-19(22-15)13-6-4-3-5-7-13/h3-11H,12H2,1-2H3. The molecule has 5 nitrogen and oxygen atoms in total. The van der Waals surface area contributed by atoms with Gasteiger partial charge in [0.1, 0.15) is 10.8 Å². The van der Waals surface area contributed by atoms with Crippen molar-refractivity contribution in [1.29, 1.82) is 0 Å². The average molecular weight is 429 g/mol. The van der Waals surface area contributed by atoms with Gasteiger partial charge in [-0.2, -0.15) is 0 Å². The highest BCUT2D eigenvalue weighted by atomic mass is 35.5. The molecule has 2 heterocycles. The molecule has 0 amide bonds. The second kappa shape index (κ2) is 8.34. The molecule has 0 N–H and O–H groups in total. The van der Waals surface area contributed by atoms with Gasteiger partial charge < -0.3 is 9.30 Å². The summed E-state index contributed by atoms with van der Waals surface area (Å²) in [5.41, 5.74) is 2.98. The summed E-state index contributed by atoms with van der Waals surface area (Å²) in [6.45, 7) is 0. The summed E-state index contributed by atoms with van der Waals surface area (Å²) in [6, 6.07) is 15.7. The van der Waals surface area contributed by atoms with Gasteiger partial charge in [-0.1, -0.05) is 53.7 Å². The monoisotopic (exact) mass is 428 g/mol. The molecule has 8 heteroatoms. The first-order chi connectivity index (χ1) is 13.7. The second-order valence-corrected chi connectivity index (χ2v) is 8.25. The van der Waals surface area contributed by atoms with Gasteiger partial charge in [0.05, 0.1) is 18.4 Å². The normalized spacial score (nSPS) is 11.0. The summed E-state index contributed by atoms with van der Waals surface area (Å²) in [7, 11) is 3.57. The van der Waals surface area contributed by atoms with Gasteiger partial charge in [-0.3, -0.25) is 0 Å². The fraction of sp³-hybridized carbons (Fsp3) is 0.150. The van der Waals surface area contributed by atoms with Crippen LogP contribution in [0, 0.1) is 0 Å². The zero-order valence-electron chi connectivity index (χ0n) is 15.3. The maximum Gasteiger partial charge on any atom is 0.191 e. The van der Waals surface area contributed by atoms with Crippen LogP contribution in [0.5, 0.6) is 5.75 Å². The molecule has 4 rings (SSSR count). The predicted molar refractivity (Wildman–Crippen MR) is 115 cm³/mol. The van der Waals surface area contributed by atoms with Gasteiger partial charge in [-0.15, -0.1) is 21.5 Å². The van der Waals surface area contributed by atoms with E-state index in [4.69, 9.17) is 21.3 Å². The van der Waals surface area contributed by atoms with Gasteiger partial charge in [0, 0.05) is 28.8 Å². The number of hydrogen-bond donors (Lipinski definition) is 0. The highest BCUT2D eigenvalue weighted by Gasteiger charge is 2.16. The molecule has 0 saturated carbocycles. The molecule has 142 valence electrons. The molecule has 4 aromatic rings. The van der Waals surface area contributed by atoms with E-state index in [0.29, 0.717) is 16.6 Å². The molecule has 0 aliphatic rings. The lowest BCUT2D eigenvalue weighted by Crippen LogP contribution is -1.97. The molecule has 0 atom stereocenters. The van der Waals surface area contributed by atoms with Crippen LogP contribution in [0.3, 0.4) is 0 Å². The lowest BCUT2D eigenvalue weighted by molar-refractivity contribution is 0.416. The summed E-state index contributed by atoms with van der Waals surface area (Å²) in [4.78, 5) is 4.73. The topological polar surface area (TPSA) is 52.8 Å². The number of methoxy groups -OCH3 is 1. The van der Waals surface area contributed by atoms with Crippen molar-refractivity contribution in [2.24, 2.45) is 7.05 Å². The van der Waals surface area contributed by atoms with Crippen molar-refractivity contribution in [1.82, 2.24) is 19.7 Å². The van der Waals surface area contributed by atoms with Crippen LogP contribution in [0.1, 0.15) is 5.69 Å². The summed E-state index contributed by atoms with van der Waals surface area (Å²) in [5.74, 6) is 2.15. The van der Waals surface area contributed by atoms with Crippen LogP contribution in [-0.4, -0.2) is 26.9 Å². The minimum atomic E-state index is 0.629. The van der Waals surface area contributed by atoms with E-state index in [1.54, 1.807) is 36.3 Å². The Bertz CT molecular complexity index is 1090. The van der Waals surface area contributed by atoms with Crippen LogP contribution >= 0.6 is 34.7 Å². The second-order valence-electron chi connectivity index (χ2n) is 6.01. The zero-order chi connectivity index (χ0) is 19.5. The van der Waals surface area contributed by atoms with Crippen LogP contribution in [0.25, 0.3) is 22.0 Å². The third-order valence-corrected chi connectivity index (χ3v) is 6.39. The predicted octanol–water partition coefficient (Wildman–Crippen LogP) is 5.56. The lowest BCUT2D eigenvalue weighted by atomic mass is 10.2. The third-order valence-electron chi connectivity index (χ3n) is 4.16. The minimum Gasteiger partial charge on any atom is -0.496 e. The van der Waals surface area contributed by atoms with Gasteiger partial charge in [-0.05, 0) is 18.2 Å². The Labute approximate surface area is 176 Å². The minimum absolute atomic E-state index is 0.629. The zero-order valence-corrected chi connectivity index (χ0v) is 17.7. The van der Waals surface area contributed by atoms with E-state index in [0.717, 1.165) is 32.7 Å². The third kappa shape index (κ3) is 3.92. The van der Waals surface area contributed by atoms with Crippen LogP contribution in [0.2, 0.25) is 5.02 Å². The molecular weight excluding hydrogens is 412 g/mol. The number of thioether (sulfide) groups is 1. The van der Waals surface area contributed by atoms with Crippen molar-refractivity contribution in [2.75, 3.05) is 7.11 Å². The van der Waals surface area contributed by atoms with E-state index in [9.17, 15) is 0 Å². The van der Waals surface area contributed by atoms with Crippen LogP contribution in [0.15, 0.2) is 59.1 Å². The first-order valence-corrected chi connectivity index (χ1v) is 10.8. The molecular formula is C20H17ClN4OS2. The van der Waals surface area contributed by atoms with Gasteiger partial charge in [0.2, 0.25) is 0 Å². The van der Waals surface area contributed by atoms with E-state index in [-0.39, 0.29) is 0 Å². The largest absolute Gasteiger partial charge is 0.496 e. The summed E-state index contributed by atoms with van der Waals surface area (Å²) >= 11 is 9.41. The Kier molecular flexibility index (Phi) is 5.66. The SMILES string of the molecule is COc1ccc(Cl)cc1-c1nnc(SCc2csc(-c3ccccc3)n2)n1C. The first kappa shape index (κ1) is 19.0. The van der Waals surface area contributed by atoms with Crippen molar-refractivity contribution in [3.8, 4) is 27.7 Å². The molecule has 0 spiro atoms. The highest BCUT2D eigenvalue weighted by Crippen LogP contribution is 2.33. The van der Waals surface area contributed by atoms with Gasteiger partial charge in [0.25, 0.3) is 0 Å². The fourth-order valence-corrected chi connectivity index (χ4v) is 4.66. The Morgan fingerprint density at radius 3 is 2.75 bits per heavy atom. The number of rotatable bonds is 6. The molecule has 0 aliphatic heterocycles. The number of benzene rings is 2. The molecule has 0 unspecified atom stereocenters. The highest BCUT2D eigenvalue weighted by molar-refractivity contribution is 7.98. The lowest BCUT2D eigenvalue weighted by Gasteiger charge is -2.08. The number of hydrogen-bond acceptors (Lipinski definition) is 6. The molecule has 0 bridgehead atoms. The van der Waals surface area contributed by atoms with E-state index in [1.165, 1.54) is 0 Å². The quantitative estimate of drug-likeness (QED) is 0.376. The first-order valence-electron chi connectivity index (χ1n) is 8.51. The van der Waals surface area contributed by atoms with E-state index in [1.807, 2.05) is 41.9 Å². The molecule has 0 saturated heterocycles. The summed E-state index contributed by atoms with van der Waals surface area (Å²) in [5, 5.41) is 13.2. The number of halogens is 1. The Balaban J connectivity index is 1.52. The number of thiazole rings is 1. The molecule has 2 aromatic heterocycles. The molecule has 2 aromatic carbocycles. The van der Waals surface area contributed by atoms with Crippen molar-refractivity contribution in [3.63, 3.8) is 0 Å². The van der Waals surface area contributed by atoms with Crippen molar-refractivity contribution >= 4 is 34.7 Å². The van der Waals surface area contributed by atoms with E-state index < -0.39 is 0 Å². The van der Waals surface area contributed by atoms with Crippen LogP contribution in [0.4, 0.5) is 0 Å². The van der Waals surface area contributed by atoms with Gasteiger partial charge in [0.15, 0.2) is 11.0 Å². The number of ether oxygens (including phenoxy) is 1. The van der Waals surface area contributed by atoms with Gasteiger partial charge in [-0.25, -0.2) is 4.98 Å². The Morgan fingerprint density at radius 2 is 1.96 bits per heavy atom. The summed E-state index contributed by atoms with van der Waals surface area (Å²) in [6.07, 6.45) is 0. The molecule has 0 fully saturated rings. The average Bonchev–Trinajstić information content (AvgIpc) is 3.34. The maximum absolute atomic E-state index is 6.15. The summed E-state index contributed by atoms with van der Waals surface area (Å²) < 4.78 is 7.39. The van der Waals surface area contributed by atoms with Crippen LogP contribution in [-0.2, 0) is 12.8 Å². The number of aromatic nitrogens is 4. The smallest absolute Gasteiger partial charge is 0.191 e. The van der Waals surface area contributed by atoms with E-state index >= 15 is 0 Å². The Morgan fingerprint density at radius 1 is 1.14 bits per heavy atom. The van der Waals surface area contributed by atoms with Crippen molar-refractivity contribution < 1.29 is 4.74 Å². The molecule has 0 radical (unpaired) electrons. The van der Waals surface area contributed by atoms with Gasteiger partial charge >= 0.3 is 0 Å². The van der Waals surface area contributed by atoms with Crippen LogP contribution < -0.4 is 4.74 Å². The van der Waals surface area contributed by atoms with Crippen molar-refractivity contribution in [2.45, 2.75) is 10.9 Å². The number of nitrogens with zero attached hydrogens (tertiary/aromatic N) is 4. The maximum atomic E-state index is 6.15. The Hall–Kier alpha value is -2.35. The van der Waals surface area contributed by atoms with E-state index in [2.05, 4.69) is 27.7 Å². The fourth-order valence-electron chi connectivity index (χ4n) is 2.76.